The van der Waals surface area contributed by atoms with Crippen molar-refractivity contribution in [3.05, 3.63) is 46.9 Å². The van der Waals surface area contributed by atoms with E-state index in [2.05, 4.69) is 30.2 Å². The summed E-state index contributed by atoms with van der Waals surface area (Å²) in [7, 11) is -1.22. The first-order chi connectivity index (χ1) is 12.7. The Bertz CT molecular complexity index is 1110. The Morgan fingerprint density at radius 1 is 1.04 bits per heavy atom. The van der Waals surface area contributed by atoms with Crippen molar-refractivity contribution in [2.75, 3.05) is 13.1 Å². The summed E-state index contributed by atoms with van der Waals surface area (Å²) >= 11 is 3.54. The average molecular weight is 429 g/mol. The van der Waals surface area contributed by atoms with Crippen LogP contribution in [0, 0.1) is 0 Å². The van der Waals surface area contributed by atoms with Gasteiger partial charge in [-0.15, -0.1) is 0 Å². The minimum Gasteiger partial charge on any atom is -0.351 e. The number of rotatable bonds is 3. The predicted molar refractivity (Wildman–Crippen MR) is 108 cm³/mol. The highest BCUT2D eigenvalue weighted by molar-refractivity contribution is 9.10. The average Bonchev–Trinajstić information content (AvgIpc) is 3.37. The number of imidazole rings is 1. The second-order valence-electron chi connectivity index (χ2n) is 6.51. The minimum atomic E-state index is -1.22. The van der Waals surface area contributed by atoms with Crippen LogP contribution in [0.25, 0.3) is 33.5 Å². The van der Waals surface area contributed by atoms with E-state index in [-0.39, 0.29) is 0 Å². The number of H-pyrrole nitrogens is 2. The van der Waals surface area contributed by atoms with Gasteiger partial charge in [-0.2, -0.15) is 0 Å². The number of aromatic amines is 2. The second-order valence-corrected chi connectivity index (χ2v) is 8.85. The lowest BCUT2D eigenvalue weighted by Crippen LogP contribution is -2.22. The van der Waals surface area contributed by atoms with Crippen LogP contribution in [0.3, 0.4) is 0 Å². The Morgan fingerprint density at radius 2 is 1.85 bits per heavy atom. The van der Waals surface area contributed by atoms with Crippen LogP contribution in [0.15, 0.2) is 51.8 Å². The van der Waals surface area contributed by atoms with Crippen LogP contribution < -0.4 is 0 Å². The summed E-state index contributed by atoms with van der Waals surface area (Å²) in [6.45, 7) is 1.74. The van der Waals surface area contributed by atoms with Crippen LogP contribution in [0.5, 0.6) is 0 Å². The third kappa shape index (κ3) is 2.62. The van der Waals surface area contributed by atoms with Gasteiger partial charge in [0.25, 0.3) is 0 Å². The van der Waals surface area contributed by atoms with Crippen molar-refractivity contribution >= 4 is 48.9 Å². The summed E-state index contributed by atoms with van der Waals surface area (Å²) in [5.41, 5.74) is 3.64. The fraction of sp³-hybridized carbons (Fsp3) is 0.211. The van der Waals surface area contributed by atoms with E-state index in [1.54, 1.807) is 0 Å². The molecule has 1 saturated heterocycles. The lowest BCUT2D eigenvalue weighted by atomic mass is 10.2. The highest BCUT2D eigenvalue weighted by Gasteiger charge is 2.27. The normalized spacial score (nSPS) is 16.7. The molecule has 0 saturated carbocycles. The Hall–Kier alpha value is -1.96. The molecule has 26 heavy (non-hydrogen) atoms. The molecule has 1 aliphatic rings. The zero-order valence-corrected chi connectivity index (χ0v) is 16.4. The number of fused-ring (bicyclic) bond motifs is 2. The minimum absolute atomic E-state index is 0.723. The Kier molecular flexibility index (Phi) is 3.95. The van der Waals surface area contributed by atoms with E-state index in [0.717, 1.165) is 68.8 Å². The maximum Gasteiger partial charge on any atom is 0.156 e. The van der Waals surface area contributed by atoms with Gasteiger partial charge in [-0.25, -0.2) is 13.5 Å². The third-order valence-corrected chi connectivity index (χ3v) is 6.91. The highest BCUT2D eigenvalue weighted by Crippen LogP contribution is 2.35. The lowest BCUT2D eigenvalue weighted by molar-refractivity contribution is 0.536. The van der Waals surface area contributed by atoms with Gasteiger partial charge < -0.3 is 9.97 Å². The fourth-order valence-electron chi connectivity index (χ4n) is 3.54. The Balaban J connectivity index is 1.75. The van der Waals surface area contributed by atoms with Crippen molar-refractivity contribution in [1.29, 1.82) is 0 Å². The molecule has 2 aromatic heterocycles. The fourth-order valence-corrected chi connectivity index (χ4v) is 5.43. The van der Waals surface area contributed by atoms with Crippen molar-refractivity contribution in [3.63, 3.8) is 0 Å². The number of hydrogen-bond acceptors (Lipinski definition) is 2. The molecule has 1 aliphatic heterocycles. The van der Waals surface area contributed by atoms with Crippen LogP contribution in [-0.4, -0.2) is 36.6 Å². The molecule has 1 fully saturated rings. The molecule has 2 aromatic carbocycles. The summed E-state index contributed by atoms with van der Waals surface area (Å²) < 4.78 is 16.4. The maximum atomic E-state index is 13.4. The number of benzene rings is 2. The zero-order chi connectivity index (χ0) is 17.7. The largest absolute Gasteiger partial charge is 0.351 e. The molecule has 7 heteroatoms. The van der Waals surface area contributed by atoms with Crippen LogP contribution in [0.1, 0.15) is 12.8 Å². The summed E-state index contributed by atoms with van der Waals surface area (Å²) in [6.07, 6.45) is 2.19. The van der Waals surface area contributed by atoms with Gasteiger partial charge in [0.15, 0.2) is 5.82 Å². The summed E-state index contributed by atoms with van der Waals surface area (Å²) in [5, 5.41) is 0.972. The molecule has 0 radical (unpaired) electrons. The number of hydrogen-bond donors (Lipinski definition) is 2. The summed E-state index contributed by atoms with van der Waals surface area (Å²) in [6, 6.07) is 14.0. The molecule has 0 spiro atoms. The van der Waals surface area contributed by atoms with Gasteiger partial charge in [-0.1, -0.05) is 28.1 Å². The standard InChI is InChI=1S/C19H17BrN4OS/c20-12-7-8-14-13(11-12)18(26(25)24-9-3-4-10-24)17(21-14)19-22-15-5-1-2-6-16(15)23-19/h1-2,5-8,11,21H,3-4,9-10H2,(H,22,23). The van der Waals surface area contributed by atoms with Crippen molar-refractivity contribution in [2.24, 2.45) is 0 Å². The van der Waals surface area contributed by atoms with Crippen LogP contribution >= 0.6 is 15.9 Å². The van der Waals surface area contributed by atoms with Crippen molar-refractivity contribution in [3.8, 4) is 11.5 Å². The van der Waals surface area contributed by atoms with Crippen LogP contribution in [-0.2, 0) is 11.0 Å². The lowest BCUT2D eigenvalue weighted by Gasteiger charge is -2.14. The van der Waals surface area contributed by atoms with Crippen molar-refractivity contribution in [2.45, 2.75) is 17.7 Å². The zero-order valence-electron chi connectivity index (χ0n) is 14.0. The first-order valence-electron chi connectivity index (χ1n) is 8.64. The van der Waals surface area contributed by atoms with Gasteiger partial charge in [-0.05, 0) is 43.2 Å². The first kappa shape index (κ1) is 16.2. The van der Waals surface area contributed by atoms with Crippen molar-refractivity contribution < 1.29 is 4.21 Å². The number of halogens is 1. The van der Waals surface area contributed by atoms with Crippen LogP contribution in [0.2, 0.25) is 0 Å². The highest BCUT2D eigenvalue weighted by atomic mass is 79.9. The predicted octanol–water partition coefficient (Wildman–Crippen LogP) is 4.59. The molecule has 2 N–H and O–H groups in total. The SMILES string of the molecule is O=S(c1c(-c2nc3ccccc3[nH]2)[nH]c2ccc(Br)cc12)N1CCCC1. The smallest absolute Gasteiger partial charge is 0.156 e. The van der Waals surface area contributed by atoms with Crippen molar-refractivity contribution in [1.82, 2.24) is 19.3 Å². The molecule has 0 bridgehead atoms. The number of para-hydroxylation sites is 2. The van der Waals surface area contributed by atoms with E-state index in [1.807, 2.05) is 42.5 Å². The first-order valence-corrected chi connectivity index (χ1v) is 10.5. The topological polar surface area (TPSA) is 64.8 Å². The van der Waals surface area contributed by atoms with Gasteiger partial charge in [0.05, 0.1) is 15.9 Å². The summed E-state index contributed by atoms with van der Waals surface area (Å²) in [4.78, 5) is 12.3. The van der Waals surface area contributed by atoms with E-state index < -0.39 is 11.0 Å². The molecular formula is C19H17BrN4OS. The molecular weight excluding hydrogens is 412 g/mol. The molecule has 0 amide bonds. The van der Waals surface area contributed by atoms with Gasteiger partial charge in [0.2, 0.25) is 0 Å². The second kappa shape index (κ2) is 6.33. The molecule has 1 unspecified atom stereocenters. The van der Waals surface area contributed by atoms with E-state index in [4.69, 9.17) is 4.98 Å². The number of nitrogens with zero attached hydrogens (tertiary/aromatic N) is 2. The third-order valence-electron chi connectivity index (χ3n) is 4.81. The molecule has 0 aliphatic carbocycles. The number of aromatic nitrogens is 3. The van der Waals surface area contributed by atoms with E-state index in [9.17, 15) is 4.21 Å². The van der Waals surface area contributed by atoms with Crippen LogP contribution in [0.4, 0.5) is 0 Å². The molecule has 1 atom stereocenters. The Labute approximate surface area is 161 Å². The van der Waals surface area contributed by atoms with Gasteiger partial charge in [0.1, 0.15) is 16.7 Å². The quantitative estimate of drug-likeness (QED) is 0.500. The van der Waals surface area contributed by atoms with E-state index in [0.29, 0.717) is 0 Å². The van der Waals surface area contributed by atoms with E-state index in [1.165, 1.54) is 0 Å². The molecule has 4 aromatic rings. The molecule has 3 heterocycles. The Morgan fingerprint density at radius 3 is 2.65 bits per heavy atom. The summed E-state index contributed by atoms with van der Waals surface area (Å²) in [5.74, 6) is 0.723. The van der Waals surface area contributed by atoms with Gasteiger partial charge >= 0.3 is 0 Å². The molecule has 5 rings (SSSR count). The monoisotopic (exact) mass is 428 g/mol. The van der Waals surface area contributed by atoms with Gasteiger partial charge in [0, 0.05) is 28.5 Å². The maximum absolute atomic E-state index is 13.4. The van der Waals surface area contributed by atoms with E-state index >= 15 is 0 Å². The number of nitrogens with one attached hydrogen (secondary N) is 2. The van der Waals surface area contributed by atoms with Gasteiger partial charge in [-0.3, -0.25) is 0 Å². The molecule has 132 valence electrons. The molecule has 5 nitrogen and oxygen atoms in total.